The molecule has 2 heterocycles. The lowest BCUT2D eigenvalue weighted by Crippen LogP contribution is -2.47. The lowest BCUT2D eigenvalue weighted by atomic mass is 10.1. The summed E-state index contributed by atoms with van der Waals surface area (Å²) in [6.07, 6.45) is 1.90. The van der Waals surface area contributed by atoms with E-state index < -0.39 is 0 Å². The second-order valence-electron chi connectivity index (χ2n) is 7.30. The monoisotopic (exact) mass is 514 g/mol. The highest BCUT2D eigenvalue weighted by atomic mass is 127. The van der Waals surface area contributed by atoms with Gasteiger partial charge in [0.2, 0.25) is 0 Å². The Kier molecular flexibility index (Phi) is 8.54. The molecule has 0 saturated heterocycles. The zero-order chi connectivity index (χ0) is 20.1. The van der Waals surface area contributed by atoms with Crippen molar-refractivity contribution in [1.29, 1.82) is 0 Å². The van der Waals surface area contributed by atoms with Crippen LogP contribution in [0.5, 0.6) is 11.5 Å². The largest absolute Gasteiger partial charge is 0.504 e. The molecule has 3 rings (SSSR count). The van der Waals surface area contributed by atoms with Gasteiger partial charge in [0.15, 0.2) is 23.3 Å². The summed E-state index contributed by atoms with van der Waals surface area (Å²) in [6.45, 7) is 8.29. The lowest BCUT2D eigenvalue weighted by molar-refractivity contribution is 0.373. The third kappa shape index (κ3) is 5.97. The highest BCUT2D eigenvalue weighted by Crippen LogP contribution is 2.26. The van der Waals surface area contributed by atoms with Crippen LogP contribution in [-0.4, -0.2) is 45.5 Å². The molecule has 0 saturated carbocycles. The first-order chi connectivity index (χ1) is 13.5. The smallest absolute Gasteiger partial charge is 0.191 e. The maximum absolute atomic E-state index is 9.93. The number of halogens is 1. The molecule has 9 heteroatoms. The first kappa shape index (κ1) is 23.2. The van der Waals surface area contributed by atoms with Crippen LogP contribution in [0.4, 0.5) is 0 Å². The number of aromatic hydroxyl groups is 1. The van der Waals surface area contributed by atoms with Gasteiger partial charge in [-0.05, 0) is 31.0 Å². The van der Waals surface area contributed by atoms with E-state index in [-0.39, 0.29) is 35.8 Å². The third-order valence-electron chi connectivity index (χ3n) is 4.74. The molecule has 1 aromatic heterocycles. The number of aliphatic imine (C=N–C) groups is 1. The minimum Gasteiger partial charge on any atom is -0.504 e. The Hall–Kier alpha value is -2.04. The number of benzene rings is 1. The number of guanidine groups is 1. The van der Waals surface area contributed by atoms with Gasteiger partial charge in [0.1, 0.15) is 5.82 Å². The predicted octanol–water partition coefficient (Wildman–Crippen LogP) is 2.80. The maximum Gasteiger partial charge on any atom is 0.191 e. The molecule has 0 radical (unpaired) electrons. The SMILES string of the molecule is CCNC(=NCc1ccc(OC)c(O)c1)NC1CCc2nc(C(C)C)nn2C1.I. The van der Waals surface area contributed by atoms with Crippen molar-refractivity contribution >= 4 is 29.9 Å². The first-order valence-corrected chi connectivity index (χ1v) is 9.84. The average molecular weight is 514 g/mol. The van der Waals surface area contributed by atoms with Gasteiger partial charge in [-0.1, -0.05) is 19.9 Å². The summed E-state index contributed by atoms with van der Waals surface area (Å²) in [5.41, 5.74) is 0.916. The Morgan fingerprint density at radius 1 is 1.41 bits per heavy atom. The van der Waals surface area contributed by atoms with Crippen LogP contribution in [-0.2, 0) is 19.5 Å². The molecule has 1 aliphatic rings. The standard InChI is InChI=1S/C20H30N6O2.HI/c1-5-21-20(22-11-14-6-8-17(28-4)16(27)10-14)23-15-7-9-18-24-19(13(2)3)25-26(18)12-15;/h6,8,10,13,15,27H,5,7,9,11-12H2,1-4H3,(H2,21,22,23);1H. The molecule has 1 unspecified atom stereocenters. The molecule has 29 heavy (non-hydrogen) atoms. The zero-order valence-corrected chi connectivity index (χ0v) is 19.8. The Morgan fingerprint density at radius 2 is 2.21 bits per heavy atom. The molecular formula is C20H31IN6O2. The van der Waals surface area contributed by atoms with E-state index in [1.54, 1.807) is 12.1 Å². The number of methoxy groups -OCH3 is 1. The van der Waals surface area contributed by atoms with Crippen molar-refractivity contribution in [3.63, 3.8) is 0 Å². The normalized spacial score (nSPS) is 16.2. The molecule has 0 fully saturated rings. The van der Waals surface area contributed by atoms with Crippen LogP contribution in [0.25, 0.3) is 0 Å². The molecule has 1 aromatic carbocycles. The maximum atomic E-state index is 9.93. The number of nitrogens with zero attached hydrogens (tertiary/aromatic N) is 4. The Bertz CT molecular complexity index is 836. The van der Waals surface area contributed by atoms with Crippen LogP contribution in [0.2, 0.25) is 0 Å². The average Bonchev–Trinajstić information content (AvgIpc) is 3.10. The number of fused-ring (bicyclic) bond motifs is 1. The number of nitrogens with one attached hydrogen (secondary N) is 2. The molecule has 0 spiro atoms. The molecule has 0 aliphatic carbocycles. The van der Waals surface area contributed by atoms with Crippen molar-refractivity contribution in [3.05, 3.63) is 35.4 Å². The van der Waals surface area contributed by atoms with Crippen molar-refractivity contribution in [2.45, 2.75) is 58.7 Å². The lowest BCUT2D eigenvalue weighted by Gasteiger charge is -2.25. The fourth-order valence-electron chi connectivity index (χ4n) is 3.21. The summed E-state index contributed by atoms with van der Waals surface area (Å²) < 4.78 is 7.10. The van der Waals surface area contributed by atoms with E-state index in [2.05, 4.69) is 39.6 Å². The first-order valence-electron chi connectivity index (χ1n) is 9.84. The molecule has 3 N–H and O–H groups in total. The minimum atomic E-state index is 0. The van der Waals surface area contributed by atoms with Gasteiger partial charge in [0.05, 0.1) is 20.2 Å². The summed E-state index contributed by atoms with van der Waals surface area (Å²) in [6, 6.07) is 5.58. The van der Waals surface area contributed by atoms with Crippen molar-refractivity contribution in [2.75, 3.05) is 13.7 Å². The number of phenolic OH excluding ortho intramolecular Hbond substituents is 1. The number of phenols is 1. The zero-order valence-electron chi connectivity index (χ0n) is 17.5. The second kappa shape index (κ2) is 10.7. The second-order valence-corrected chi connectivity index (χ2v) is 7.30. The number of aryl methyl sites for hydroxylation is 1. The van der Waals surface area contributed by atoms with Gasteiger partial charge < -0.3 is 20.5 Å². The van der Waals surface area contributed by atoms with Crippen LogP contribution in [0.3, 0.4) is 0 Å². The van der Waals surface area contributed by atoms with E-state index in [9.17, 15) is 5.11 Å². The number of hydrogen-bond donors (Lipinski definition) is 3. The summed E-state index contributed by atoms with van der Waals surface area (Å²) in [5.74, 6) is 3.66. The Labute approximate surface area is 189 Å². The molecule has 1 aliphatic heterocycles. The van der Waals surface area contributed by atoms with Gasteiger partial charge in [-0.25, -0.2) is 14.7 Å². The van der Waals surface area contributed by atoms with Crippen LogP contribution < -0.4 is 15.4 Å². The minimum absolute atomic E-state index is 0. The molecule has 0 bridgehead atoms. The van der Waals surface area contributed by atoms with Crippen molar-refractivity contribution in [3.8, 4) is 11.5 Å². The van der Waals surface area contributed by atoms with Crippen LogP contribution in [0.15, 0.2) is 23.2 Å². The van der Waals surface area contributed by atoms with Gasteiger partial charge in [0.25, 0.3) is 0 Å². The van der Waals surface area contributed by atoms with Crippen LogP contribution >= 0.6 is 24.0 Å². The highest BCUT2D eigenvalue weighted by Gasteiger charge is 2.23. The number of aromatic nitrogens is 3. The highest BCUT2D eigenvalue weighted by molar-refractivity contribution is 14.0. The van der Waals surface area contributed by atoms with Crippen molar-refractivity contribution in [1.82, 2.24) is 25.4 Å². The molecule has 0 amide bonds. The molecule has 2 aromatic rings. The molecule has 1 atom stereocenters. The Morgan fingerprint density at radius 3 is 2.86 bits per heavy atom. The summed E-state index contributed by atoms with van der Waals surface area (Å²) in [7, 11) is 1.54. The fraction of sp³-hybridized carbons (Fsp3) is 0.550. The summed E-state index contributed by atoms with van der Waals surface area (Å²) >= 11 is 0. The van der Waals surface area contributed by atoms with Crippen molar-refractivity contribution in [2.24, 2.45) is 4.99 Å². The summed E-state index contributed by atoms with van der Waals surface area (Å²) in [4.78, 5) is 9.30. The Balaban J connectivity index is 0.00000300. The van der Waals surface area contributed by atoms with Gasteiger partial charge in [-0.2, -0.15) is 5.10 Å². The van der Waals surface area contributed by atoms with E-state index >= 15 is 0 Å². The van der Waals surface area contributed by atoms with Crippen molar-refractivity contribution < 1.29 is 9.84 Å². The number of hydrogen-bond acceptors (Lipinski definition) is 5. The summed E-state index contributed by atoms with van der Waals surface area (Å²) in [5, 5.41) is 21.4. The number of ether oxygens (including phenoxy) is 1. The van der Waals surface area contributed by atoms with E-state index in [1.165, 1.54) is 7.11 Å². The van der Waals surface area contributed by atoms with E-state index in [1.807, 2.05) is 17.7 Å². The van der Waals surface area contributed by atoms with Crippen LogP contribution in [0, 0.1) is 0 Å². The van der Waals surface area contributed by atoms with Gasteiger partial charge in [-0.3, -0.25) is 0 Å². The molecule has 8 nitrogen and oxygen atoms in total. The van der Waals surface area contributed by atoms with Gasteiger partial charge in [0, 0.05) is 24.9 Å². The fourth-order valence-corrected chi connectivity index (χ4v) is 3.21. The third-order valence-corrected chi connectivity index (χ3v) is 4.74. The topological polar surface area (TPSA) is 96.6 Å². The predicted molar refractivity (Wildman–Crippen MR) is 124 cm³/mol. The van der Waals surface area contributed by atoms with E-state index in [4.69, 9.17) is 4.74 Å². The molecular weight excluding hydrogens is 483 g/mol. The number of rotatable bonds is 6. The van der Waals surface area contributed by atoms with Crippen LogP contribution in [0.1, 0.15) is 50.3 Å². The van der Waals surface area contributed by atoms with E-state index in [0.29, 0.717) is 18.2 Å². The van der Waals surface area contributed by atoms with Gasteiger partial charge >= 0.3 is 0 Å². The quantitative estimate of drug-likeness (QED) is 0.312. The van der Waals surface area contributed by atoms with Gasteiger partial charge in [-0.15, -0.1) is 24.0 Å². The molecule has 160 valence electrons. The van der Waals surface area contributed by atoms with E-state index in [0.717, 1.165) is 49.1 Å².